The number of hydrogen-bond acceptors (Lipinski definition) is 15. The summed E-state index contributed by atoms with van der Waals surface area (Å²) in [4.78, 5) is 93.8. The topological polar surface area (TPSA) is 335 Å². The SMILES string of the molecule is C[C@H](O)[C@@H](NC(=O)CCNC(=O)[C@H]1COC(c2ccccc2O)=N1)C(=O)N(C)C(CCCNO)C(=O)N[C@@H](CCCN)C(=O)N[C@@H](CCCN(O)C=O)C(=O)O. The van der Waals surface area contributed by atoms with E-state index in [9.17, 15) is 54.1 Å². The molecule has 1 aromatic carbocycles. The number of likely N-dealkylation sites (N-methyl/N-ethyl adjacent to an activating group) is 1. The third-order valence-corrected chi connectivity index (χ3v) is 8.63. The van der Waals surface area contributed by atoms with Crippen molar-refractivity contribution in [1.29, 1.82) is 0 Å². The molecule has 0 radical (unpaired) electrons. The van der Waals surface area contributed by atoms with E-state index in [0.717, 1.165) is 4.90 Å². The molecule has 0 bridgehead atoms. The number of nitrogens with zero attached hydrogens (tertiary/aromatic N) is 3. The van der Waals surface area contributed by atoms with Gasteiger partial charge in [0.1, 0.15) is 36.5 Å². The Morgan fingerprint density at radius 3 is 2.30 bits per heavy atom. The Bertz CT molecular complexity index is 1530. The maximum Gasteiger partial charge on any atom is 0.326 e. The molecule has 2 rings (SSSR count). The predicted octanol–water partition coefficient (Wildman–Crippen LogP) is -3.08. The molecule has 0 aromatic heterocycles. The number of ether oxygens (including phenoxy) is 1. The number of benzene rings is 1. The number of amides is 6. The lowest BCUT2D eigenvalue weighted by Crippen LogP contribution is -2.59. The molecule has 1 aliphatic heterocycles. The smallest absolute Gasteiger partial charge is 0.326 e. The number of phenolic OH excluding ortho intramolecular Hbond substituents is 1. The minimum Gasteiger partial charge on any atom is -0.507 e. The fourth-order valence-electron chi connectivity index (χ4n) is 5.51. The summed E-state index contributed by atoms with van der Waals surface area (Å²) in [6, 6.07) is -0.248. The van der Waals surface area contributed by atoms with Crippen LogP contribution in [0, 0.1) is 0 Å². The summed E-state index contributed by atoms with van der Waals surface area (Å²) in [5.74, 6) is -5.27. The number of rotatable bonds is 26. The second kappa shape index (κ2) is 24.2. The van der Waals surface area contributed by atoms with Crippen LogP contribution in [0.1, 0.15) is 57.4 Å². The molecule has 22 heteroatoms. The third kappa shape index (κ3) is 15.0. The van der Waals surface area contributed by atoms with Gasteiger partial charge >= 0.3 is 5.97 Å². The van der Waals surface area contributed by atoms with Gasteiger partial charge in [0, 0.05) is 33.1 Å². The van der Waals surface area contributed by atoms with E-state index in [-0.39, 0.29) is 95.8 Å². The molecule has 22 nitrogen and oxygen atoms in total. The first kappa shape index (κ1) is 46.7. The summed E-state index contributed by atoms with van der Waals surface area (Å²) >= 11 is 0. The number of aliphatic hydroxyl groups is 1. The van der Waals surface area contributed by atoms with Crippen LogP contribution in [0.15, 0.2) is 29.3 Å². The predicted molar refractivity (Wildman–Crippen MR) is 195 cm³/mol. The summed E-state index contributed by atoms with van der Waals surface area (Å²) in [7, 11) is 1.24. The zero-order valence-corrected chi connectivity index (χ0v) is 31.3. The number of nitrogens with one attached hydrogen (secondary N) is 5. The number of carboxylic acid groups (broad SMARTS) is 1. The second-order valence-corrected chi connectivity index (χ2v) is 12.9. The highest BCUT2D eigenvalue weighted by Crippen LogP contribution is 2.21. The Labute approximate surface area is 322 Å². The number of hydroxylamine groups is 3. The molecular formula is C34H53N9O13. The molecule has 0 fully saturated rings. The molecule has 0 spiro atoms. The third-order valence-electron chi connectivity index (χ3n) is 8.63. The van der Waals surface area contributed by atoms with E-state index in [1.54, 1.807) is 18.2 Å². The molecular weight excluding hydrogens is 742 g/mol. The zero-order valence-electron chi connectivity index (χ0n) is 31.3. The van der Waals surface area contributed by atoms with Crippen molar-refractivity contribution in [1.82, 2.24) is 36.7 Å². The number of nitrogens with two attached hydrogens (primary N) is 1. The number of hydrogen-bond donors (Lipinski definition) is 11. The fraction of sp³-hybridized carbons (Fsp3) is 0.588. The summed E-state index contributed by atoms with van der Waals surface area (Å²) < 4.78 is 5.44. The molecule has 0 saturated carbocycles. The summed E-state index contributed by atoms with van der Waals surface area (Å²) in [6.07, 6.45) is -1.47. The van der Waals surface area contributed by atoms with E-state index >= 15 is 0 Å². The van der Waals surface area contributed by atoms with Gasteiger partial charge in [-0.25, -0.2) is 20.3 Å². The van der Waals surface area contributed by atoms with E-state index < -0.39 is 71.8 Å². The Balaban J connectivity index is 2.10. The highest BCUT2D eigenvalue weighted by atomic mass is 16.5. The number of phenols is 1. The van der Waals surface area contributed by atoms with Gasteiger partial charge in [-0.15, -0.1) is 0 Å². The monoisotopic (exact) mass is 795 g/mol. The van der Waals surface area contributed by atoms with Crippen LogP contribution >= 0.6 is 0 Å². The van der Waals surface area contributed by atoms with Gasteiger partial charge in [0.25, 0.3) is 0 Å². The van der Waals surface area contributed by atoms with Gasteiger partial charge in [-0.3, -0.25) is 34.0 Å². The molecule has 56 heavy (non-hydrogen) atoms. The minimum atomic E-state index is -1.55. The number of aliphatic hydroxyl groups excluding tert-OH is 1. The van der Waals surface area contributed by atoms with E-state index in [4.69, 9.17) is 15.7 Å². The lowest BCUT2D eigenvalue weighted by Gasteiger charge is -2.33. The van der Waals surface area contributed by atoms with Crippen LogP contribution in [-0.2, 0) is 38.3 Å². The van der Waals surface area contributed by atoms with Crippen molar-refractivity contribution >= 4 is 47.8 Å². The van der Waals surface area contributed by atoms with Crippen molar-refractivity contribution in [2.75, 3.05) is 39.8 Å². The van der Waals surface area contributed by atoms with Crippen molar-refractivity contribution in [2.45, 2.75) is 88.2 Å². The minimum absolute atomic E-state index is 0.00911. The van der Waals surface area contributed by atoms with Crippen molar-refractivity contribution in [3.8, 4) is 5.75 Å². The maximum absolute atomic E-state index is 13.7. The Kier molecular flexibility index (Phi) is 20.2. The normalized spacial score (nSPS) is 16.1. The molecule has 0 aliphatic carbocycles. The summed E-state index contributed by atoms with van der Waals surface area (Å²) in [6.45, 7) is 0.909. The Morgan fingerprint density at radius 1 is 1.00 bits per heavy atom. The standard InChI is InChI=1S/C34H53N9O13/c1-20(45)28(41-27(47)13-16-36-29(48)24-18-56-32(40-24)21-8-3-4-12-26(21)46)33(51)42(2)25(11-6-15-37-54)31(50)38-22(9-5-14-35)30(49)39-23(34(52)53)10-7-17-43(55)19-44/h3-4,8,12,19-20,22-25,28,37,45-46,54-55H,5-7,9-11,13-18,35H2,1-2H3,(H,36,48)(H,38,50)(H,39,49)(H,41,47)(H,52,53)/t20-,22-,23-,24+,25?,28+/m0/s1. The van der Waals surface area contributed by atoms with E-state index in [0.29, 0.717) is 10.6 Å². The molecule has 0 saturated heterocycles. The van der Waals surface area contributed by atoms with Gasteiger partial charge in [-0.1, -0.05) is 12.1 Å². The number of carboxylic acids is 1. The highest BCUT2D eigenvalue weighted by molar-refractivity contribution is 6.00. The first-order valence-electron chi connectivity index (χ1n) is 18.0. The number of carbonyl (C=O) groups excluding carboxylic acids is 6. The summed E-state index contributed by atoms with van der Waals surface area (Å²) in [5.41, 5.74) is 7.88. The molecule has 1 heterocycles. The van der Waals surface area contributed by atoms with Crippen molar-refractivity contribution in [3.63, 3.8) is 0 Å². The Morgan fingerprint density at radius 2 is 1.68 bits per heavy atom. The molecule has 312 valence electrons. The zero-order chi connectivity index (χ0) is 41.8. The van der Waals surface area contributed by atoms with E-state index in [1.165, 1.54) is 20.0 Å². The van der Waals surface area contributed by atoms with Crippen molar-refractivity contribution < 1.29 is 64.0 Å². The van der Waals surface area contributed by atoms with Crippen LogP contribution < -0.4 is 32.5 Å². The molecule has 1 aromatic rings. The van der Waals surface area contributed by atoms with Gasteiger partial charge < -0.3 is 57.2 Å². The van der Waals surface area contributed by atoms with Gasteiger partial charge in [0.2, 0.25) is 41.8 Å². The van der Waals surface area contributed by atoms with Gasteiger partial charge in [0.15, 0.2) is 6.04 Å². The first-order valence-corrected chi connectivity index (χ1v) is 18.0. The van der Waals surface area contributed by atoms with E-state index in [2.05, 4.69) is 26.3 Å². The molecule has 6 amide bonds. The van der Waals surface area contributed by atoms with Crippen LogP contribution in [0.25, 0.3) is 0 Å². The average Bonchev–Trinajstić information content (AvgIpc) is 3.66. The average molecular weight is 796 g/mol. The van der Waals surface area contributed by atoms with Crippen LogP contribution in [-0.4, -0.2) is 160 Å². The van der Waals surface area contributed by atoms with Gasteiger partial charge in [-0.05, 0) is 64.1 Å². The lowest BCUT2D eigenvalue weighted by atomic mass is 10.0. The highest BCUT2D eigenvalue weighted by Gasteiger charge is 2.36. The van der Waals surface area contributed by atoms with Gasteiger partial charge in [0.05, 0.1) is 11.7 Å². The lowest BCUT2D eigenvalue weighted by molar-refractivity contribution is -0.150. The number of carbonyl (C=O) groups is 7. The van der Waals surface area contributed by atoms with Crippen molar-refractivity contribution in [3.05, 3.63) is 29.8 Å². The number of para-hydroxylation sites is 1. The molecule has 1 aliphatic rings. The largest absolute Gasteiger partial charge is 0.507 e. The van der Waals surface area contributed by atoms with Crippen LogP contribution in [0.4, 0.5) is 0 Å². The molecule has 1 unspecified atom stereocenters. The number of aromatic hydroxyl groups is 1. The van der Waals surface area contributed by atoms with Gasteiger partial charge in [-0.2, -0.15) is 0 Å². The molecule has 12 N–H and O–H groups in total. The summed E-state index contributed by atoms with van der Waals surface area (Å²) in [5, 5.41) is 58.7. The quantitative estimate of drug-likeness (QED) is 0.0192. The van der Waals surface area contributed by atoms with Crippen LogP contribution in [0.5, 0.6) is 5.75 Å². The van der Waals surface area contributed by atoms with Crippen LogP contribution in [0.2, 0.25) is 0 Å². The Hall–Kier alpha value is -5.42. The first-order chi connectivity index (χ1) is 26.6. The number of aliphatic imine (C=N–C) groups is 1. The number of aliphatic carboxylic acids is 1. The van der Waals surface area contributed by atoms with E-state index in [1.807, 2.05) is 5.48 Å². The fourth-order valence-corrected chi connectivity index (χ4v) is 5.51. The maximum atomic E-state index is 13.7. The van der Waals surface area contributed by atoms with Crippen LogP contribution in [0.3, 0.4) is 0 Å². The second-order valence-electron chi connectivity index (χ2n) is 12.9. The molecule has 6 atom stereocenters. The van der Waals surface area contributed by atoms with Crippen molar-refractivity contribution in [2.24, 2.45) is 10.7 Å².